The minimum atomic E-state index is 0.712. The normalized spacial score (nSPS) is 15.8. The maximum atomic E-state index is 8.87. The maximum Gasteiger partial charge on any atom is 0.119 e. The molecule has 1 N–H and O–H groups in total. The summed E-state index contributed by atoms with van der Waals surface area (Å²) in [5.41, 5.74) is 5.59. The zero-order chi connectivity index (χ0) is 12.4. The van der Waals surface area contributed by atoms with E-state index in [4.69, 9.17) is 9.94 Å². The zero-order valence-corrected chi connectivity index (χ0v) is 10.4. The van der Waals surface area contributed by atoms with Crippen LogP contribution in [0.25, 0.3) is 5.57 Å². The molecule has 0 saturated heterocycles. The SMILES string of the molecule is COc1ccc2c(c1)CCC(/C(C)=N/O)=C2C. The van der Waals surface area contributed by atoms with Gasteiger partial charge in [0, 0.05) is 0 Å². The summed E-state index contributed by atoms with van der Waals surface area (Å²) in [6.07, 6.45) is 1.88. The predicted molar refractivity (Wildman–Crippen MR) is 68.8 cm³/mol. The van der Waals surface area contributed by atoms with Crippen LogP contribution in [-0.2, 0) is 6.42 Å². The smallest absolute Gasteiger partial charge is 0.119 e. The second-order valence-corrected chi connectivity index (χ2v) is 4.31. The third-order valence-corrected chi connectivity index (χ3v) is 3.40. The summed E-state index contributed by atoms with van der Waals surface area (Å²) in [5, 5.41) is 12.2. The molecule has 0 saturated carbocycles. The van der Waals surface area contributed by atoms with Gasteiger partial charge in [-0.3, -0.25) is 0 Å². The van der Waals surface area contributed by atoms with Crippen molar-refractivity contribution in [1.29, 1.82) is 0 Å². The first-order chi connectivity index (χ1) is 8.17. The number of hydrogen-bond donors (Lipinski definition) is 1. The zero-order valence-electron chi connectivity index (χ0n) is 10.4. The van der Waals surface area contributed by atoms with Gasteiger partial charge in [-0.15, -0.1) is 0 Å². The Morgan fingerprint density at radius 1 is 1.35 bits per heavy atom. The highest BCUT2D eigenvalue weighted by Crippen LogP contribution is 2.33. The molecule has 0 heterocycles. The largest absolute Gasteiger partial charge is 0.497 e. The van der Waals surface area contributed by atoms with Gasteiger partial charge in [0.25, 0.3) is 0 Å². The minimum Gasteiger partial charge on any atom is -0.497 e. The van der Waals surface area contributed by atoms with Gasteiger partial charge < -0.3 is 9.94 Å². The lowest BCUT2D eigenvalue weighted by molar-refractivity contribution is 0.318. The highest BCUT2D eigenvalue weighted by atomic mass is 16.5. The third kappa shape index (κ3) is 2.05. The minimum absolute atomic E-state index is 0.712. The van der Waals surface area contributed by atoms with E-state index in [1.807, 2.05) is 13.0 Å². The third-order valence-electron chi connectivity index (χ3n) is 3.40. The van der Waals surface area contributed by atoms with Crippen molar-refractivity contribution in [1.82, 2.24) is 0 Å². The molecule has 1 aromatic carbocycles. The van der Waals surface area contributed by atoms with Gasteiger partial charge in [0.1, 0.15) is 5.75 Å². The quantitative estimate of drug-likeness (QED) is 0.482. The van der Waals surface area contributed by atoms with Crippen molar-refractivity contribution < 1.29 is 9.94 Å². The van der Waals surface area contributed by atoms with Gasteiger partial charge in [0.2, 0.25) is 0 Å². The van der Waals surface area contributed by atoms with Gasteiger partial charge in [-0.2, -0.15) is 0 Å². The average Bonchev–Trinajstić information content (AvgIpc) is 2.38. The molecule has 0 bridgehead atoms. The topological polar surface area (TPSA) is 41.8 Å². The van der Waals surface area contributed by atoms with Crippen molar-refractivity contribution in [3.05, 3.63) is 34.9 Å². The van der Waals surface area contributed by atoms with E-state index >= 15 is 0 Å². The molecule has 0 aromatic heterocycles. The van der Waals surface area contributed by atoms with Crippen LogP contribution >= 0.6 is 0 Å². The van der Waals surface area contributed by atoms with Crippen LogP contribution in [0.1, 0.15) is 31.4 Å². The van der Waals surface area contributed by atoms with Crippen molar-refractivity contribution >= 4 is 11.3 Å². The summed E-state index contributed by atoms with van der Waals surface area (Å²) in [4.78, 5) is 0. The summed E-state index contributed by atoms with van der Waals surface area (Å²) in [7, 11) is 1.68. The van der Waals surface area contributed by atoms with Crippen LogP contribution in [0.4, 0.5) is 0 Å². The van der Waals surface area contributed by atoms with Crippen LogP contribution in [0.5, 0.6) is 5.75 Å². The molecule has 2 rings (SSSR count). The number of nitrogens with zero attached hydrogens (tertiary/aromatic N) is 1. The molecule has 0 aliphatic heterocycles. The lowest BCUT2D eigenvalue weighted by atomic mass is 9.84. The van der Waals surface area contributed by atoms with Gasteiger partial charge >= 0.3 is 0 Å². The Morgan fingerprint density at radius 2 is 2.12 bits per heavy atom. The van der Waals surface area contributed by atoms with Crippen LogP contribution < -0.4 is 4.74 Å². The first-order valence-corrected chi connectivity index (χ1v) is 5.73. The first-order valence-electron chi connectivity index (χ1n) is 5.73. The molecule has 0 amide bonds. The van der Waals surface area contributed by atoms with Crippen LogP contribution in [0.15, 0.2) is 28.9 Å². The number of methoxy groups -OCH3 is 1. The number of hydrogen-bond acceptors (Lipinski definition) is 3. The van der Waals surface area contributed by atoms with Crippen molar-refractivity contribution in [2.75, 3.05) is 7.11 Å². The van der Waals surface area contributed by atoms with Crippen LogP contribution in [0, 0.1) is 0 Å². The Hall–Kier alpha value is -1.77. The number of benzene rings is 1. The Bertz CT molecular complexity index is 501. The fourth-order valence-electron chi connectivity index (χ4n) is 2.39. The molecule has 0 unspecified atom stereocenters. The Balaban J connectivity index is 2.50. The highest BCUT2D eigenvalue weighted by Gasteiger charge is 2.18. The number of fused-ring (bicyclic) bond motifs is 1. The Kier molecular flexibility index (Phi) is 3.18. The Morgan fingerprint density at radius 3 is 2.76 bits per heavy atom. The Labute approximate surface area is 101 Å². The first kappa shape index (κ1) is 11.7. The van der Waals surface area contributed by atoms with Crippen molar-refractivity contribution in [3.63, 3.8) is 0 Å². The number of allylic oxidation sites excluding steroid dienone is 2. The van der Waals surface area contributed by atoms with E-state index in [1.54, 1.807) is 7.11 Å². The number of rotatable bonds is 2. The molecule has 3 nitrogen and oxygen atoms in total. The van der Waals surface area contributed by atoms with Gasteiger partial charge in [-0.25, -0.2) is 0 Å². The molecular formula is C14H17NO2. The molecule has 0 radical (unpaired) electrons. The lowest BCUT2D eigenvalue weighted by Gasteiger charge is -2.21. The van der Waals surface area contributed by atoms with E-state index in [1.165, 1.54) is 16.7 Å². The monoisotopic (exact) mass is 231 g/mol. The number of oxime groups is 1. The van der Waals surface area contributed by atoms with Crippen LogP contribution in [-0.4, -0.2) is 18.0 Å². The van der Waals surface area contributed by atoms with E-state index in [9.17, 15) is 0 Å². The molecule has 0 atom stereocenters. The van der Waals surface area contributed by atoms with Crippen molar-refractivity contribution in [2.24, 2.45) is 5.16 Å². The molecule has 0 spiro atoms. The molecule has 1 aliphatic rings. The summed E-state index contributed by atoms with van der Waals surface area (Å²) in [6, 6.07) is 6.13. The fraction of sp³-hybridized carbons (Fsp3) is 0.357. The molecule has 1 aromatic rings. The standard InChI is InChI=1S/C14H17NO2/c1-9-13(10(2)15-16)6-4-11-8-12(17-3)5-7-14(9)11/h5,7-8,16H,4,6H2,1-3H3/b15-10+. The highest BCUT2D eigenvalue weighted by molar-refractivity contribution is 6.05. The van der Waals surface area contributed by atoms with E-state index in [-0.39, 0.29) is 0 Å². The summed E-state index contributed by atoms with van der Waals surface area (Å²) in [5.74, 6) is 0.896. The van der Waals surface area contributed by atoms with E-state index in [0.29, 0.717) is 5.71 Å². The molecule has 0 fully saturated rings. The van der Waals surface area contributed by atoms with Crippen LogP contribution in [0.2, 0.25) is 0 Å². The van der Waals surface area contributed by atoms with Gasteiger partial charge in [-0.1, -0.05) is 11.2 Å². The van der Waals surface area contributed by atoms with Gasteiger partial charge in [-0.05, 0) is 61.1 Å². The second kappa shape index (κ2) is 4.62. The van der Waals surface area contributed by atoms with E-state index < -0.39 is 0 Å². The summed E-state index contributed by atoms with van der Waals surface area (Å²) >= 11 is 0. The second-order valence-electron chi connectivity index (χ2n) is 4.31. The van der Waals surface area contributed by atoms with Crippen molar-refractivity contribution in [3.8, 4) is 5.75 Å². The molecule has 1 aliphatic carbocycles. The lowest BCUT2D eigenvalue weighted by Crippen LogP contribution is -2.09. The van der Waals surface area contributed by atoms with Gasteiger partial charge in [0.15, 0.2) is 0 Å². The van der Waals surface area contributed by atoms with E-state index in [0.717, 1.165) is 24.2 Å². The molecule has 17 heavy (non-hydrogen) atoms. The average molecular weight is 231 g/mol. The predicted octanol–water partition coefficient (Wildman–Crippen LogP) is 3.27. The van der Waals surface area contributed by atoms with E-state index in [2.05, 4.69) is 24.2 Å². The molecular weight excluding hydrogens is 214 g/mol. The van der Waals surface area contributed by atoms with Crippen LogP contribution in [0.3, 0.4) is 0 Å². The number of aryl methyl sites for hydroxylation is 1. The molecule has 90 valence electrons. The fourth-order valence-corrected chi connectivity index (χ4v) is 2.39. The van der Waals surface area contributed by atoms with Gasteiger partial charge in [0.05, 0.1) is 12.8 Å². The summed E-state index contributed by atoms with van der Waals surface area (Å²) in [6.45, 7) is 3.92. The molecule has 3 heteroatoms. The van der Waals surface area contributed by atoms with Crippen molar-refractivity contribution in [2.45, 2.75) is 26.7 Å². The number of ether oxygens (including phenoxy) is 1. The maximum absolute atomic E-state index is 8.87. The summed E-state index contributed by atoms with van der Waals surface area (Å²) < 4.78 is 5.23.